The first-order valence-corrected chi connectivity index (χ1v) is 4.97. The zero-order valence-corrected chi connectivity index (χ0v) is 9.14. The second-order valence-electron chi connectivity index (χ2n) is 3.38. The molecule has 3 heterocycles. The molecular weight excluding hydrogens is 224 g/mol. The van der Waals surface area contributed by atoms with E-state index in [1.165, 1.54) is 18.6 Å². The Morgan fingerprint density at radius 3 is 2.65 bits per heavy atom. The Labute approximate surface area is 96.6 Å². The van der Waals surface area contributed by atoms with E-state index in [4.69, 9.17) is 8.83 Å². The number of carbonyl (C=O) groups excluding carboxylic acids is 1. The molecule has 0 aromatic rings. The largest absolute Gasteiger partial charge is 0.469 e. The highest BCUT2D eigenvalue weighted by Gasteiger charge is 2.12. The summed E-state index contributed by atoms with van der Waals surface area (Å²) < 4.78 is 14.1. The Balaban J connectivity index is 0.000000153. The predicted octanol–water partition coefficient (Wildman–Crippen LogP) is 1.75. The van der Waals surface area contributed by atoms with E-state index < -0.39 is 0 Å². The average molecular weight is 234 g/mol. The standard InChI is InChI=1S/C8H6O3.C4H4O2/c1-5-6-2-3-10-4-7(6)11-8(5)9;5-4-2-1-3-6-4/h2-4H,1H3;1-2H,3H2. The average Bonchev–Trinajstić information content (AvgIpc) is 2.90. The number of carbonyl (C=O) groups is 1. The molecule has 88 valence electrons. The van der Waals surface area contributed by atoms with Crippen LogP contribution in [0, 0.1) is 6.92 Å². The molecule has 0 aliphatic carbocycles. The Kier molecular flexibility index (Phi) is 3.09. The molecule has 0 amide bonds. The minimum absolute atomic E-state index is 0.227. The van der Waals surface area contributed by atoms with Crippen molar-refractivity contribution in [3.05, 3.63) is 46.7 Å². The Bertz CT molecular complexity index is 575. The third-order valence-corrected chi connectivity index (χ3v) is 2.24. The molecule has 0 N–H and O–H groups in total. The van der Waals surface area contributed by atoms with Crippen LogP contribution in [0.1, 0.15) is 5.56 Å². The monoisotopic (exact) mass is 234 g/mol. The van der Waals surface area contributed by atoms with Crippen molar-refractivity contribution in [2.45, 2.75) is 6.92 Å². The summed E-state index contributed by atoms with van der Waals surface area (Å²) in [5, 5.41) is 0. The number of ether oxygens (including phenoxy) is 1. The molecule has 0 aromatic heterocycles. The maximum absolute atomic E-state index is 10.9. The lowest BCUT2D eigenvalue weighted by atomic mass is 10.2. The number of hydrogen-bond donors (Lipinski definition) is 0. The minimum atomic E-state index is -0.290. The predicted molar refractivity (Wildman–Crippen MR) is 58.7 cm³/mol. The second kappa shape index (κ2) is 4.69. The molecule has 0 atom stereocenters. The number of furan rings is 1. The molecule has 0 radical (unpaired) electrons. The topological polar surface area (TPSA) is 69.7 Å². The van der Waals surface area contributed by atoms with Gasteiger partial charge in [-0.05, 0) is 19.1 Å². The van der Waals surface area contributed by atoms with Crippen molar-refractivity contribution >= 4 is 5.97 Å². The summed E-state index contributed by atoms with van der Waals surface area (Å²) in [6, 6.07) is 1.72. The van der Waals surface area contributed by atoms with Crippen LogP contribution in [0.5, 0.6) is 0 Å². The summed E-state index contributed by atoms with van der Waals surface area (Å²) in [5.74, 6) is 0.282. The molecule has 0 spiro atoms. The van der Waals surface area contributed by atoms with Crippen molar-refractivity contribution in [3.8, 4) is 11.3 Å². The van der Waals surface area contributed by atoms with Crippen LogP contribution in [0.3, 0.4) is 0 Å². The van der Waals surface area contributed by atoms with Crippen LogP contribution in [-0.2, 0) is 9.53 Å². The maximum atomic E-state index is 10.9. The van der Waals surface area contributed by atoms with Gasteiger partial charge in [0.1, 0.15) is 12.9 Å². The smallest absolute Gasteiger partial charge is 0.339 e. The molecular formula is C12H10O5. The molecule has 5 heteroatoms. The Hall–Kier alpha value is -2.30. The summed E-state index contributed by atoms with van der Waals surface area (Å²) in [6.45, 7) is 2.19. The molecule has 3 aliphatic rings. The maximum Gasteiger partial charge on any atom is 0.339 e. The van der Waals surface area contributed by atoms with Crippen LogP contribution in [0.25, 0.3) is 11.3 Å². The molecule has 17 heavy (non-hydrogen) atoms. The quantitative estimate of drug-likeness (QED) is 0.649. The molecule has 0 aromatic carbocycles. The lowest BCUT2D eigenvalue weighted by molar-refractivity contribution is -0.134. The summed E-state index contributed by atoms with van der Waals surface area (Å²) in [6.07, 6.45) is 6.04. The van der Waals surface area contributed by atoms with Crippen molar-refractivity contribution in [2.75, 3.05) is 6.61 Å². The highest BCUT2D eigenvalue weighted by Crippen LogP contribution is 2.22. The molecule has 3 rings (SSSR count). The van der Waals surface area contributed by atoms with Crippen molar-refractivity contribution in [2.24, 2.45) is 0 Å². The number of cyclic esters (lactones) is 1. The number of rotatable bonds is 0. The molecule has 0 saturated carbocycles. The van der Waals surface area contributed by atoms with Gasteiger partial charge in [0.25, 0.3) is 0 Å². The zero-order valence-electron chi connectivity index (χ0n) is 9.14. The van der Waals surface area contributed by atoms with Crippen LogP contribution in [0.2, 0.25) is 0 Å². The SMILES string of the molecule is Cc1c2ccocc-2oc1=O.O=C1C=CCO1. The molecule has 0 saturated heterocycles. The summed E-state index contributed by atoms with van der Waals surface area (Å²) in [4.78, 5) is 20.9. The van der Waals surface area contributed by atoms with Gasteiger partial charge in [-0.25, -0.2) is 9.59 Å². The third-order valence-electron chi connectivity index (χ3n) is 2.24. The van der Waals surface area contributed by atoms with Crippen LogP contribution in [0.4, 0.5) is 0 Å². The van der Waals surface area contributed by atoms with Crippen LogP contribution in [-0.4, -0.2) is 12.6 Å². The van der Waals surface area contributed by atoms with E-state index in [1.807, 2.05) is 0 Å². The molecule has 0 bridgehead atoms. The van der Waals surface area contributed by atoms with Gasteiger partial charge in [-0.2, -0.15) is 0 Å². The highest BCUT2D eigenvalue weighted by atomic mass is 16.5. The zero-order chi connectivity index (χ0) is 12.3. The van der Waals surface area contributed by atoms with Gasteiger partial charge >= 0.3 is 11.6 Å². The van der Waals surface area contributed by atoms with Crippen molar-refractivity contribution in [1.82, 2.24) is 0 Å². The summed E-state index contributed by atoms with van der Waals surface area (Å²) in [7, 11) is 0. The van der Waals surface area contributed by atoms with Gasteiger partial charge in [0.15, 0.2) is 5.76 Å². The fourth-order valence-electron chi connectivity index (χ4n) is 1.35. The van der Waals surface area contributed by atoms with E-state index in [9.17, 15) is 9.59 Å². The number of hydrogen-bond acceptors (Lipinski definition) is 5. The lowest BCUT2D eigenvalue weighted by Crippen LogP contribution is -1.93. The van der Waals surface area contributed by atoms with Gasteiger partial charge in [-0.1, -0.05) is 0 Å². The van der Waals surface area contributed by atoms with Gasteiger partial charge in [0.05, 0.1) is 6.26 Å². The van der Waals surface area contributed by atoms with Gasteiger partial charge in [-0.3, -0.25) is 0 Å². The van der Waals surface area contributed by atoms with Gasteiger partial charge in [0.2, 0.25) is 0 Å². The first-order valence-electron chi connectivity index (χ1n) is 4.97. The van der Waals surface area contributed by atoms with Crippen molar-refractivity contribution in [3.63, 3.8) is 0 Å². The van der Waals surface area contributed by atoms with E-state index >= 15 is 0 Å². The molecule has 0 fully saturated rings. The molecule has 0 unspecified atom stereocenters. The normalized spacial score (nSPS) is 13.4. The first-order chi connectivity index (χ1) is 8.18. The first kappa shape index (κ1) is 11.2. The Morgan fingerprint density at radius 2 is 2.12 bits per heavy atom. The van der Waals surface area contributed by atoms with Crippen molar-refractivity contribution < 1.29 is 18.4 Å². The van der Waals surface area contributed by atoms with E-state index in [-0.39, 0.29) is 11.6 Å². The number of esters is 1. The van der Waals surface area contributed by atoms with E-state index in [1.54, 1.807) is 19.1 Å². The molecule has 3 aliphatic heterocycles. The molecule has 5 nitrogen and oxygen atoms in total. The lowest BCUT2D eigenvalue weighted by Gasteiger charge is -1.91. The highest BCUT2D eigenvalue weighted by molar-refractivity contribution is 5.83. The second-order valence-corrected chi connectivity index (χ2v) is 3.38. The van der Waals surface area contributed by atoms with Gasteiger partial charge in [0, 0.05) is 17.2 Å². The van der Waals surface area contributed by atoms with Gasteiger partial charge in [-0.15, -0.1) is 0 Å². The Morgan fingerprint density at radius 1 is 1.29 bits per heavy atom. The van der Waals surface area contributed by atoms with Crippen LogP contribution >= 0.6 is 0 Å². The fraction of sp³-hybridized carbons (Fsp3) is 0.167. The van der Waals surface area contributed by atoms with Crippen LogP contribution < -0.4 is 5.63 Å². The van der Waals surface area contributed by atoms with E-state index in [0.29, 0.717) is 17.9 Å². The number of fused-ring (bicyclic) bond motifs is 1. The van der Waals surface area contributed by atoms with Crippen molar-refractivity contribution in [1.29, 1.82) is 0 Å². The van der Waals surface area contributed by atoms with E-state index in [2.05, 4.69) is 4.74 Å². The fourth-order valence-corrected chi connectivity index (χ4v) is 1.35. The van der Waals surface area contributed by atoms with Crippen LogP contribution in [0.15, 0.2) is 44.4 Å². The van der Waals surface area contributed by atoms with Gasteiger partial charge < -0.3 is 13.6 Å². The minimum Gasteiger partial charge on any atom is -0.469 e. The third kappa shape index (κ3) is 2.44. The summed E-state index contributed by atoms with van der Waals surface area (Å²) in [5.41, 5.74) is 1.17. The summed E-state index contributed by atoms with van der Waals surface area (Å²) >= 11 is 0. The van der Waals surface area contributed by atoms with E-state index in [0.717, 1.165) is 5.56 Å².